The van der Waals surface area contributed by atoms with Crippen molar-refractivity contribution < 1.29 is 57.1 Å². The van der Waals surface area contributed by atoms with E-state index in [0.29, 0.717) is 36.7 Å². The van der Waals surface area contributed by atoms with E-state index in [1.165, 1.54) is 70.6 Å². The Balaban J connectivity index is 2.44. The Morgan fingerprint density at radius 2 is 1.27 bits per heavy atom. The van der Waals surface area contributed by atoms with Crippen molar-refractivity contribution in [3.8, 4) is 0 Å². The third-order valence-electron chi connectivity index (χ3n) is 11.2. The maximum absolute atomic E-state index is 12.7. The Hall–Kier alpha value is -1.66. The van der Waals surface area contributed by atoms with Gasteiger partial charge in [-0.3, -0.25) is 18.9 Å². The number of aliphatic hydroxyl groups excluding tert-OH is 2. The highest BCUT2D eigenvalue weighted by Gasteiger charge is 2.39. The molecule has 0 aliphatic heterocycles. The number of allylic oxidation sites excluding steroid dienone is 1. The van der Waals surface area contributed by atoms with Crippen LogP contribution in [0.1, 0.15) is 187 Å². The van der Waals surface area contributed by atoms with Gasteiger partial charge in [0.2, 0.25) is 0 Å². The van der Waals surface area contributed by atoms with Crippen LogP contribution in [-0.2, 0) is 37.5 Å². The molecule has 0 aromatic heterocycles. The number of aliphatic hydroxyl groups is 2. The minimum atomic E-state index is -4.68. The van der Waals surface area contributed by atoms with Gasteiger partial charge in [0.05, 0.1) is 40.0 Å². The van der Waals surface area contributed by atoms with E-state index in [9.17, 15) is 34.1 Å². The molecule has 0 aromatic carbocycles. The molecule has 1 aliphatic carbocycles. The molecule has 1 saturated carbocycles. The first-order chi connectivity index (χ1) is 28.2. The lowest BCUT2D eigenvalue weighted by Crippen LogP contribution is -2.37. The maximum Gasteiger partial charge on any atom is 0.306 e. The number of rotatable bonds is 39. The van der Waals surface area contributed by atoms with Gasteiger partial charge >= 0.3 is 11.9 Å². The molecule has 0 radical (unpaired) electrons. The highest BCUT2D eigenvalue weighted by Crippen LogP contribution is 2.38. The van der Waals surface area contributed by atoms with E-state index in [-0.39, 0.29) is 50.1 Å². The van der Waals surface area contributed by atoms with Gasteiger partial charge < -0.3 is 38.1 Å². The molecular formula is C46H86NO11P. The largest absolute Gasteiger partial charge is 0.756 e. The summed E-state index contributed by atoms with van der Waals surface area (Å²) >= 11 is 0. The predicted molar refractivity (Wildman–Crippen MR) is 232 cm³/mol. The van der Waals surface area contributed by atoms with E-state index in [1.54, 1.807) is 12.2 Å². The molecule has 1 aliphatic rings. The average molecular weight is 860 g/mol. The maximum atomic E-state index is 12.7. The predicted octanol–water partition coefficient (Wildman–Crippen LogP) is 9.31. The van der Waals surface area contributed by atoms with Crippen LogP contribution in [0.15, 0.2) is 12.2 Å². The molecule has 2 N–H and O–H groups in total. The highest BCUT2D eigenvalue weighted by atomic mass is 31.2. The number of ketones is 1. The monoisotopic (exact) mass is 860 g/mol. The zero-order valence-corrected chi connectivity index (χ0v) is 38.8. The molecule has 13 heteroatoms. The van der Waals surface area contributed by atoms with Crippen molar-refractivity contribution in [2.45, 2.75) is 206 Å². The van der Waals surface area contributed by atoms with Crippen LogP contribution in [0.5, 0.6) is 0 Å². The first-order valence-corrected chi connectivity index (χ1v) is 25.0. The fraction of sp³-hybridized carbons (Fsp3) is 0.891. The number of esters is 2. The fourth-order valence-corrected chi connectivity index (χ4v) is 8.17. The number of ether oxygens (including phenoxy) is 2. The number of Topliss-reactive ketones (excluding diaryl/α,β-unsaturated/α-hetero) is 1. The lowest BCUT2D eigenvalue weighted by atomic mass is 9.88. The number of carbonyl (C=O) groups is 3. The molecule has 0 saturated heterocycles. The number of phosphoric acid groups is 1. The van der Waals surface area contributed by atoms with Gasteiger partial charge in [-0.25, -0.2) is 0 Å². The van der Waals surface area contributed by atoms with Crippen LogP contribution in [0.25, 0.3) is 0 Å². The van der Waals surface area contributed by atoms with Crippen molar-refractivity contribution in [2.75, 3.05) is 47.5 Å². The van der Waals surface area contributed by atoms with Crippen molar-refractivity contribution in [3.63, 3.8) is 0 Å². The number of carbonyl (C=O) groups excluding carboxylic acids is 3. The number of nitrogens with zero attached hydrogens (tertiary/aromatic N) is 1. The van der Waals surface area contributed by atoms with Gasteiger partial charge in [-0.1, -0.05) is 154 Å². The number of hydrogen-bond acceptors (Lipinski definition) is 11. The number of hydrogen-bond donors (Lipinski definition) is 2. The van der Waals surface area contributed by atoms with Gasteiger partial charge in [-0.2, -0.15) is 0 Å². The van der Waals surface area contributed by atoms with Crippen LogP contribution >= 0.6 is 7.82 Å². The summed E-state index contributed by atoms with van der Waals surface area (Å²) in [6.45, 7) is 3.87. The van der Waals surface area contributed by atoms with Crippen LogP contribution in [0, 0.1) is 11.8 Å². The number of likely N-dealkylation sites (N-methyl/N-ethyl adjacent to an activating group) is 1. The molecule has 0 bridgehead atoms. The Morgan fingerprint density at radius 1 is 0.763 bits per heavy atom. The standard InChI is InChI=1S/C46H86NO11P/c1-6-8-10-11-12-13-14-15-16-17-18-19-20-21-27-31-46(52)58-40(38-57-59(53,54)56-35-34-47(3,4)5)37-55-45(51)30-26-23-22-25-29-41-42(44(50)36-43(41)49)33-32-39(48)28-24-9-7-2/h32-33,39-43,48-49H,6-31,34-38H2,1-5H3/b33-32+/t39-,40+,41+,42+,43-/m0/s1. The van der Waals surface area contributed by atoms with E-state index in [1.807, 2.05) is 21.1 Å². The average Bonchev–Trinajstić information content (AvgIpc) is 3.44. The molecule has 0 amide bonds. The topological polar surface area (TPSA) is 169 Å². The molecule has 12 nitrogen and oxygen atoms in total. The van der Waals surface area contributed by atoms with Crippen molar-refractivity contribution in [1.29, 1.82) is 0 Å². The zero-order valence-electron chi connectivity index (χ0n) is 37.9. The van der Waals surface area contributed by atoms with Crippen molar-refractivity contribution in [1.82, 2.24) is 0 Å². The first-order valence-electron chi connectivity index (χ1n) is 23.5. The van der Waals surface area contributed by atoms with E-state index in [2.05, 4.69) is 13.8 Å². The first kappa shape index (κ1) is 55.4. The third kappa shape index (κ3) is 30.9. The van der Waals surface area contributed by atoms with Gasteiger partial charge in [0.25, 0.3) is 7.82 Å². The summed E-state index contributed by atoms with van der Waals surface area (Å²) in [5.41, 5.74) is 0. The molecule has 1 unspecified atom stereocenters. The van der Waals surface area contributed by atoms with E-state index >= 15 is 0 Å². The molecule has 0 spiro atoms. The fourth-order valence-electron chi connectivity index (χ4n) is 7.44. The SMILES string of the molecule is CCCCCCCCCCCCCCCCCC(=O)O[C@H](COC(=O)CCCCCC[C@H]1[C@@H](O)CC(=O)[C@@H]1/C=C/[C@@H](O)CCCCC)COP(=O)([O-])OCC[N+](C)(C)C. The molecule has 59 heavy (non-hydrogen) atoms. The van der Waals surface area contributed by atoms with Gasteiger partial charge in [-0.05, 0) is 31.6 Å². The molecule has 346 valence electrons. The quantitative estimate of drug-likeness (QED) is 0.0199. The number of quaternary nitrogens is 1. The van der Waals surface area contributed by atoms with Gasteiger partial charge in [0.15, 0.2) is 6.10 Å². The zero-order chi connectivity index (χ0) is 43.8. The van der Waals surface area contributed by atoms with Crippen LogP contribution in [0.2, 0.25) is 0 Å². The van der Waals surface area contributed by atoms with E-state index in [4.69, 9.17) is 18.5 Å². The minimum Gasteiger partial charge on any atom is -0.756 e. The normalized spacial score (nSPS) is 19.3. The summed E-state index contributed by atoms with van der Waals surface area (Å²) in [4.78, 5) is 50.3. The Morgan fingerprint density at radius 3 is 1.83 bits per heavy atom. The summed E-state index contributed by atoms with van der Waals surface area (Å²) < 4.78 is 33.9. The molecular weight excluding hydrogens is 773 g/mol. The molecule has 0 heterocycles. The van der Waals surface area contributed by atoms with E-state index in [0.717, 1.165) is 57.8 Å². The van der Waals surface area contributed by atoms with Crippen molar-refractivity contribution in [3.05, 3.63) is 12.2 Å². The Kier molecular flexibility index (Phi) is 31.8. The molecule has 1 fully saturated rings. The lowest BCUT2D eigenvalue weighted by Gasteiger charge is -2.28. The van der Waals surface area contributed by atoms with Crippen LogP contribution in [0.4, 0.5) is 0 Å². The molecule has 6 atom stereocenters. The lowest BCUT2D eigenvalue weighted by molar-refractivity contribution is -0.870. The summed E-state index contributed by atoms with van der Waals surface area (Å²) in [6.07, 6.45) is 27.1. The Labute approximate surface area is 358 Å². The van der Waals surface area contributed by atoms with E-state index < -0.39 is 44.7 Å². The van der Waals surface area contributed by atoms with Crippen molar-refractivity contribution in [2.24, 2.45) is 11.8 Å². The van der Waals surface area contributed by atoms with Crippen LogP contribution in [0.3, 0.4) is 0 Å². The number of phosphoric ester groups is 1. The summed E-state index contributed by atoms with van der Waals surface area (Å²) in [5, 5.41) is 20.8. The van der Waals surface area contributed by atoms with Crippen LogP contribution in [-0.4, -0.2) is 98.2 Å². The summed E-state index contributed by atoms with van der Waals surface area (Å²) in [7, 11) is 1.04. The Bertz CT molecular complexity index is 1180. The van der Waals surface area contributed by atoms with Crippen molar-refractivity contribution >= 4 is 25.5 Å². The molecule has 1 rings (SSSR count). The summed E-state index contributed by atoms with van der Waals surface area (Å²) in [5.74, 6) is -1.54. The summed E-state index contributed by atoms with van der Waals surface area (Å²) in [6, 6.07) is 0. The second kappa shape index (κ2) is 33.9. The van der Waals surface area contributed by atoms with Gasteiger partial charge in [-0.15, -0.1) is 0 Å². The highest BCUT2D eigenvalue weighted by molar-refractivity contribution is 7.45. The van der Waals surface area contributed by atoms with Gasteiger partial charge in [0, 0.05) is 25.2 Å². The molecule has 0 aromatic rings. The number of unbranched alkanes of at least 4 members (excludes halogenated alkanes) is 19. The van der Waals surface area contributed by atoms with Gasteiger partial charge in [0.1, 0.15) is 25.5 Å². The van der Waals surface area contributed by atoms with Crippen LogP contribution < -0.4 is 4.89 Å². The second-order valence-corrected chi connectivity index (χ2v) is 19.3. The second-order valence-electron chi connectivity index (χ2n) is 17.9. The minimum absolute atomic E-state index is 0.00659. The smallest absolute Gasteiger partial charge is 0.306 e. The third-order valence-corrected chi connectivity index (χ3v) is 12.2.